The Hall–Kier alpha value is -1.27. The zero-order chi connectivity index (χ0) is 13.9. The summed E-state index contributed by atoms with van der Waals surface area (Å²) >= 11 is 0. The summed E-state index contributed by atoms with van der Waals surface area (Å²) in [5.74, 6) is -0.197. The zero-order valence-electron chi connectivity index (χ0n) is 10.5. The Morgan fingerprint density at radius 3 is 2.21 bits per heavy atom. The Bertz CT molecular complexity index is 411. The van der Waals surface area contributed by atoms with Gasteiger partial charge in [-0.05, 0) is 43.6 Å². The van der Waals surface area contributed by atoms with Gasteiger partial charge in [0.15, 0.2) is 0 Å². The second kappa shape index (κ2) is 5.38. The third-order valence-corrected chi connectivity index (χ3v) is 3.65. The topological polar surface area (TPSA) is 47.3 Å². The van der Waals surface area contributed by atoms with E-state index in [1.165, 1.54) is 12.1 Å². The molecule has 0 aromatic heterocycles. The lowest BCUT2D eigenvalue weighted by atomic mass is 9.73. The van der Waals surface area contributed by atoms with Crippen LogP contribution < -0.4 is 15.8 Å². The van der Waals surface area contributed by atoms with Crippen LogP contribution in [0.2, 0.25) is 0 Å². The van der Waals surface area contributed by atoms with Gasteiger partial charge in [-0.15, -0.1) is 13.2 Å². The molecular formula is C13H17F3N2O. The van der Waals surface area contributed by atoms with E-state index in [9.17, 15) is 13.2 Å². The first-order chi connectivity index (χ1) is 8.95. The highest BCUT2D eigenvalue weighted by Gasteiger charge is 2.33. The molecule has 19 heavy (non-hydrogen) atoms. The Balaban J connectivity index is 2.16. The van der Waals surface area contributed by atoms with Crippen LogP contribution in [0, 0.1) is 0 Å². The Kier molecular flexibility index (Phi) is 4.01. The van der Waals surface area contributed by atoms with Gasteiger partial charge in [-0.1, -0.05) is 12.1 Å². The smallest absolute Gasteiger partial charge is 0.406 e. The third-order valence-electron chi connectivity index (χ3n) is 3.65. The Morgan fingerprint density at radius 2 is 1.74 bits per heavy atom. The largest absolute Gasteiger partial charge is 0.573 e. The number of nitrogens with two attached hydrogens (primary N) is 1. The summed E-state index contributed by atoms with van der Waals surface area (Å²) in [7, 11) is 0. The number of hydrogen-bond acceptors (Lipinski definition) is 3. The Morgan fingerprint density at radius 1 is 1.16 bits per heavy atom. The van der Waals surface area contributed by atoms with E-state index in [0.717, 1.165) is 31.5 Å². The van der Waals surface area contributed by atoms with Crippen molar-refractivity contribution in [2.24, 2.45) is 5.73 Å². The molecule has 3 N–H and O–H groups in total. The van der Waals surface area contributed by atoms with Crippen LogP contribution in [-0.4, -0.2) is 26.0 Å². The molecule has 1 heterocycles. The minimum absolute atomic E-state index is 0.137. The summed E-state index contributed by atoms with van der Waals surface area (Å²) in [6, 6.07) is 6.06. The number of ether oxygens (including phenoxy) is 1. The van der Waals surface area contributed by atoms with Crippen molar-refractivity contribution in [2.75, 3.05) is 19.6 Å². The van der Waals surface area contributed by atoms with Crippen LogP contribution in [0.3, 0.4) is 0 Å². The molecule has 6 heteroatoms. The molecule has 1 saturated heterocycles. The summed E-state index contributed by atoms with van der Waals surface area (Å²) in [6.45, 7) is 2.24. The summed E-state index contributed by atoms with van der Waals surface area (Å²) in [6.07, 6.45) is -2.87. The van der Waals surface area contributed by atoms with Crippen molar-refractivity contribution < 1.29 is 17.9 Å². The van der Waals surface area contributed by atoms with E-state index >= 15 is 0 Å². The fourth-order valence-electron chi connectivity index (χ4n) is 2.53. The monoisotopic (exact) mass is 274 g/mol. The molecule has 0 atom stereocenters. The molecule has 3 nitrogen and oxygen atoms in total. The van der Waals surface area contributed by atoms with E-state index in [0.29, 0.717) is 6.54 Å². The van der Waals surface area contributed by atoms with Gasteiger partial charge in [0.25, 0.3) is 0 Å². The van der Waals surface area contributed by atoms with Gasteiger partial charge in [0.2, 0.25) is 0 Å². The lowest BCUT2D eigenvalue weighted by Crippen LogP contribution is -2.44. The number of alkyl halides is 3. The van der Waals surface area contributed by atoms with Gasteiger partial charge in [0, 0.05) is 12.0 Å². The van der Waals surface area contributed by atoms with Crippen molar-refractivity contribution >= 4 is 0 Å². The van der Waals surface area contributed by atoms with Crippen LogP contribution in [0.5, 0.6) is 5.75 Å². The number of nitrogens with one attached hydrogen (secondary N) is 1. The van der Waals surface area contributed by atoms with Crippen LogP contribution in [0.4, 0.5) is 13.2 Å². The molecule has 106 valence electrons. The number of halogens is 3. The predicted octanol–water partition coefficient (Wildman–Crippen LogP) is 2.17. The van der Waals surface area contributed by atoms with Crippen LogP contribution in [0.1, 0.15) is 18.4 Å². The van der Waals surface area contributed by atoms with Crippen LogP contribution in [0.25, 0.3) is 0 Å². The first-order valence-electron chi connectivity index (χ1n) is 6.22. The molecule has 1 fully saturated rings. The Labute approximate surface area is 109 Å². The maximum absolute atomic E-state index is 12.1. The van der Waals surface area contributed by atoms with E-state index < -0.39 is 6.36 Å². The van der Waals surface area contributed by atoms with Crippen molar-refractivity contribution in [3.63, 3.8) is 0 Å². The number of piperidine rings is 1. The van der Waals surface area contributed by atoms with Crippen LogP contribution in [-0.2, 0) is 5.41 Å². The molecule has 2 rings (SSSR count). The van der Waals surface area contributed by atoms with Gasteiger partial charge in [0.1, 0.15) is 5.75 Å². The summed E-state index contributed by atoms with van der Waals surface area (Å²) < 4.78 is 40.1. The van der Waals surface area contributed by atoms with E-state index in [1.54, 1.807) is 12.1 Å². The van der Waals surface area contributed by atoms with Crippen molar-refractivity contribution in [1.82, 2.24) is 5.32 Å². The van der Waals surface area contributed by atoms with Gasteiger partial charge in [-0.3, -0.25) is 0 Å². The normalized spacial score (nSPS) is 19.2. The minimum atomic E-state index is -4.65. The average molecular weight is 274 g/mol. The van der Waals surface area contributed by atoms with E-state index in [1.807, 2.05) is 0 Å². The van der Waals surface area contributed by atoms with Crippen molar-refractivity contribution in [3.05, 3.63) is 29.8 Å². The number of hydrogen-bond donors (Lipinski definition) is 2. The third kappa shape index (κ3) is 3.39. The fourth-order valence-corrected chi connectivity index (χ4v) is 2.53. The zero-order valence-corrected chi connectivity index (χ0v) is 10.5. The fraction of sp³-hybridized carbons (Fsp3) is 0.538. The predicted molar refractivity (Wildman–Crippen MR) is 66.0 cm³/mol. The standard InChI is InChI=1S/C13H17F3N2O/c14-13(15,16)19-11-3-1-10(2-4-11)12(9-17)5-7-18-8-6-12/h1-4,18H,5-9,17H2. The first kappa shape index (κ1) is 14.1. The molecular weight excluding hydrogens is 257 g/mol. The quantitative estimate of drug-likeness (QED) is 0.888. The maximum atomic E-state index is 12.1. The first-order valence-corrected chi connectivity index (χ1v) is 6.22. The maximum Gasteiger partial charge on any atom is 0.573 e. The average Bonchev–Trinajstić information content (AvgIpc) is 2.38. The minimum Gasteiger partial charge on any atom is -0.406 e. The highest BCUT2D eigenvalue weighted by atomic mass is 19.4. The molecule has 0 amide bonds. The molecule has 1 aliphatic rings. The number of benzene rings is 1. The SMILES string of the molecule is NCC1(c2ccc(OC(F)(F)F)cc2)CCNCC1. The van der Waals surface area contributed by atoms with E-state index in [4.69, 9.17) is 5.73 Å². The molecule has 1 aromatic carbocycles. The second-order valence-electron chi connectivity index (χ2n) is 4.81. The lowest BCUT2D eigenvalue weighted by molar-refractivity contribution is -0.274. The molecule has 0 unspecified atom stereocenters. The van der Waals surface area contributed by atoms with Gasteiger partial charge < -0.3 is 15.8 Å². The van der Waals surface area contributed by atoms with Gasteiger partial charge in [0.05, 0.1) is 0 Å². The van der Waals surface area contributed by atoms with Gasteiger partial charge >= 0.3 is 6.36 Å². The van der Waals surface area contributed by atoms with E-state index in [2.05, 4.69) is 10.1 Å². The van der Waals surface area contributed by atoms with Crippen LogP contribution in [0.15, 0.2) is 24.3 Å². The molecule has 1 aromatic rings. The highest BCUT2D eigenvalue weighted by Crippen LogP contribution is 2.34. The lowest BCUT2D eigenvalue weighted by Gasteiger charge is -2.37. The summed E-state index contributed by atoms with van der Waals surface area (Å²) in [5, 5.41) is 3.26. The molecule has 0 bridgehead atoms. The van der Waals surface area contributed by atoms with Gasteiger partial charge in [-0.2, -0.15) is 0 Å². The molecule has 0 radical (unpaired) electrons. The van der Waals surface area contributed by atoms with Crippen LogP contribution >= 0.6 is 0 Å². The van der Waals surface area contributed by atoms with Crippen molar-refractivity contribution in [1.29, 1.82) is 0 Å². The second-order valence-corrected chi connectivity index (χ2v) is 4.81. The van der Waals surface area contributed by atoms with Crippen molar-refractivity contribution in [3.8, 4) is 5.75 Å². The van der Waals surface area contributed by atoms with Gasteiger partial charge in [-0.25, -0.2) is 0 Å². The highest BCUT2D eigenvalue weighted by molar-refractivity contribution is 5.33. The molecule has 0 saturated carbocycles. The molecule has 1 aliphatic heterocycles. The van der Waals surface area contributed by atoms with Crippen molar-refractivity contribution in [2.45, 2.75) is 24.6 Å². The summed E-state index contributed by atoms with van der Waals surface area (Å²) in [4.78, 5) is 0. The summed E-state index contributed by atoms with van der Waals surface area (Å²) in [5.41, 5.74) is 6.71. The number of rotatable bonds is 3. The molecule has 0 spiro atoms. The molecule has 0 aliphatic carbocycles. The van der Waals surface area contributed by atoms with E-state index in [-0.39, 0.29) is 11.2 Å².